The van der Waals surface area contributed by atoms with Crippen LogP contribution < -0.4 is 0 Å². The zero-order chi connectivity index (χ0) is 18.5. The quantitative estimate of drug-likeness (QED) is 0.669. The van der Waals surface area contributed by atoms with Crippen molar-refractivity contribution >= 4 is 17.5 Å². The van der Waals surface area contributed by atoms with Crippen molar-refractivity contribution in [1.82, 2.24) is 25.1 Å². The fraction of sp³-hybridized carbons (Fsp3) is 0.263. The molecule has 7 heteroatoms. The number of likely N-dealkylation sites (N-methyl/N-ethyl adjacent to an activating group) is 1. The van der Waals surface area contributed by atoms with Gasteiger partial charge in [-0.3, -0.25) is 4.79 Å². The van der Waals surface area contributed by atoms with Gasteiger partial charge < -0.3 is 4.90 Å². The number of carbonyl (C=O) groups excluding carboxylic acids is 1. The Hall–Kier alpha value is -2.73. The van der Waals surface area contributed by atoms with Crippen molar-refractivity contribution in [3.63, 3.8) is 0 Å². The maximum atomic E-state index is 12.4. The number of hydrogen-bond donors (Lipinski definition) is 0. The van der Waals surface area contributed by atoms with Gasteiger partial charge in [-0.25, -0.2) is 0 Å². The molecule has 0 unspecified atom stereocenters. The largest absolute Gasteiger partial charge is 0.340 e. The second-order valence-corrected chi connectivity index (χ2v) is 6.51. The summed E-state index contributed by atoms with van der Waals surface area (Å²) >= 11 is 5.88. The molecule has 26 heavy (non-hydrogen) atoms. The van der Waals surface area contributed by atoms with E-state index in [-0.39, 0.29) is 12.5 Å². The predicted octanol–water partition coefficient (Wildman–Crippen LogP) is 3.21. The summed E-state index contributed by atoms with van der Waals surface area (Å²) < 4.78 is 0. The number of hydrogen-bond acceptors (Lipinski definition) is 4. The number of benzene rings is 2. The van der Waals surface area contributed by atoms with E-state index < -0.39 is 0 Å². The second kappa shape index (κ2) is 8.10. The number of tetrazole rings is 1. The Morgan fingerprint density at radius 2 is 1.73 bits per heavy atom. The van der Waals surface area contributed by atoms with Crippen LogP contribution in [0.3, 0.4) is 0 Å². The van der Waals surface area contributed by atoms with E-state index in [1.807, 2.05) is 12.1 Å². The van der Waals surface area contributed by atoms with Crippen LogP contribution in [0, 0.1) is 0 Å². The lowest BCUT2D eigenvalue weighted by Crippen LogP contribution is -2.30. The van der Waals surface area contributed by atoms with Crippen LogP contribution in [0.2, 0.25) is 5.02 Å². The first-order chi connectivity index (χ1) is 12.5. The number of halogens is 1. The third-order valence-corrected chi connectivity index (χ3v) is 4.36. The average Bonchev–Trinajstić information content (AvgIpc) is 3.11. The van der Waals surface area contributed by atoms with Crippen LogP contribution in [-0.2, 0) is 24.3 Å². The fourth-order valence-electron chi connectivity index (χ4n) is 2.51. The molecule has 0 N–H and O–H groups in total. The minimum absolute atomic E-state index is 0.0458. The maximum Gasteiger partial charge on any atom is 0.246 e. The summed E-state index contributed by atoms with van der Waals surface area (Å²) in [6, 6.07) is 15.4. The van der Waals surface area contributed by atoms with Crippen molar-refractivity contribution in [3.05, 3.63) is 64.7 Å². The molecule has 0 saturated heterocycles. The first-order valence-electron chi connectivity index (χ1n) is 8.40. The Morgan fingerprint density at radius 3 is 2.38 bits per heavy atom. The zero-order valence-electron chi connectivity index (χ0n) is 14.8. The molecule has 0 aliphatic rings. The molecule has 2 aromatic carbocycles. The molecular weight excluding hydrogens is 350 g/mol. The van der Waals surface area contributed by atoms with Gasteiger partial charge in [0.1, 0.15) is 6.54 Å². The van der Waals surface area contributed by atoms with E-state index in [1.165, 1.54) is 10.4 Å². The first-order valence-corrected chi connectivity index (χ1v) is 8.78. The molecule has 0 aliphatic carbocycles. The van der Waals surface area contributed by atoms with Crippen LogP contribution in [0.1, 0.15) is 18.1 Å². The number of rotatable bonds is 6. The summed E-state index contributed by atoms with van der Waals surface area (Å²) in [4.78, 5) is 15.4. The lowest BCUT2D eigenvalue weighted by Gasteiger charge is -2.17. The summed E-state index contributed by atoms with van der Waals surface area (Å²) in [6.45, 7) is 2.71. The standard InChI is InChI=1S/C19H20ClN5O/c1-3-14-4-6-15(7-5-14)12-24(2)18(26)13-25-22-19(21-23-25)16-8-10-17(20)11-9-16/h4-11H,3,12-13H2,1-2H3. The van der Waals surface area contributed by atoms with Crippen molar-refractivity contribution in [2.75, 3.05) is 7.05 Å². The summed E-state index contributed by atoms with van der Waals surface area (Å²) in [6.07, 6.45) is 1.00. The molecule has 0 aliphatic heterocycles. The van der Waals surface area contributed by atoms with Gasteiger partial charge in [-0.1, -0.05) is 42.8 Å². The molecule has 0 fully saturated rings. The van der Waals surface area contributed by atoms with E-state index in [9.17, 15) is 4.79 Å². The third kappa shape index (κ3) is 4.46. The molecule has 1 aromatic heterocycles. The lowest BCUT2D eigenvalue weighted by molar-refractivity contribution is -0.131. The van der Waals surface area contributed by atoms with Gasteiger partial charge in [0.25, 0.3) is 0 Å². The fourth-order valence-corrected chi connectivity index (χ4v) is 2.63. The zero-order valence-corrected chi connectivity index (χ0v) is 15.5. The van der Waals surface area contributed by atoms with Gasteiger partial charge >= 0.3 is 0 Å². The highest BCUT2D eigenvalue weighted by Gasteiger charge is 2.13. The summed E-state index contributed by atoms with van der Waals surface area (Å²) in [7, 11) is 1.77. The smallest absolute Gasteiger partial charge is 0.246 e. The Bertz CT molecular complexity index is 874. The highest BCUT2D eigenvalue weighted by atomic mass is 35.5. The van der Waals surface area contributed by atoms with Crippen molar-refractivity contribution < 1.29 is 4.79 Å². The van der Waals surface area contributed by atoms with E-state index in [0.717, 1.165) is 17.5 Å². The number of carbonyl (C=O) groups is 1. The molecule has 1 amide bonds. The number of aryl methyl sites for hydroxylation is 1. The molecule has 1 heterocycles. The van der Waals surface area contributed by atoms with Crippen molar-refractivity contribution in [1.29, 1.82) is 0 Å². The second-order valence-electron chi connectivity index (χ2n) is 6.07. The number of aromatic nitrogens is 4. The molecule has 134 valence electrons. The molecule has 0 bridgehead atoms. The SMILES string of the molecule is CCc1ccc(CN(C)C(=O)Cn2nnc(-c3ccc(Cl)cc3)n2)cc1. The topological polar surface area (TPSA) is 63.9 Å². The van der Waals surface area contributed by atoms with E-state index in [0.29, 0.717) is 17.4 Å². The normalized spacial score (nSPS) is 10.7. The van der Waals surface area contributed by atoms with E-state index >= 15 is 0 Å². The maximum absolute atomic E-state index is 12.4. The third-order valence-electron chi connectivity index (χ3n) is 4.11. The number of amides is 1. The van der Waals surface area contributed by atoms with Crippen LogP contribution in [0.15, 0.2) is 48.5 Å². The monoisotopic (exact) mass is 369 g/mol. The molecule has 3 aromatic rings. The summed E-state index contributed by atoms with van der Waals surface area (Å²) in [5.41, 5.74) is 3.17. The van der Waals surface area contributed by atoms with Crippen molar-refractivity contribution in [2.45, 2.75) is 26.4 Å². The predicted molar refractivity (Wildman–Crippen MR) is 101 cm³/mol. The highest BCUT2D eigenvalue weighted by Crippen LogP contribution is 2.17. The van der Waals surface area contributed by atoms with Gasteiger partial charge in [0.2, 0.25) is 11.7 Å². The molecule has 6 nitrogen and oxygen atoms in total. The molecular formula is C19H20ClN5O. The average molecular weight is 370 g/mol. The van der Waals surface area contributed by atoms with E-state index in [4.69, 9.17) is 11.6 Å². The minimum Gasteiger partial charge on any atom is -0.340 e. The van der Waals surface area contributed by atoms with Crippen LogP contribution >= 0.6 is 11.6 Å². The molecule has 0 spiro atoms. The van der Waals surface area contributed by atoms with Crippen molar-refractivity contribution in [2.24, 2.45) is 0 Å². The summed E-state index contributed by atoms with van der Waals surface area (Å²) in [5.74, 6) is 0.386. The van der Waals surface area contributed by atoms with Crippen LogP contribution in [0.25, 0.3) is 11.4 Å². The minimum atomic E-state index is -0.0791. The molecule has 3 rings (SSSR count). The van der Waals surface area contributed by atoms with E-state index in [1.54, 1.807) is 24.1 Å². The van der Waals surface area contributed by atoms with Crippen LogP contribution in [0.5, 0.6) is 0 Å². The molecule has 0 saturated carbocycles. The Morgan fingerprint density at radius 1 is 1.08 bits per heavy atom. The molecule has 0 atom stereocenters. The van der Waals surface area contributed by atoms with Gasteiger partial charge in [-0.2, -0.15) is 4.80 Å². The van der Waals surface area contributed by atoms with Gasteiger partial charge in [0, 0.05) is 24.2 Å². The van der Waals surface area contributed by atoms with Gasteiger partial charge in [0.05, 0.1) is 0 Å². The van der Waals surface area contributed by atoms with Crippen LogP contribution in [0.4, 0.5) is 0 Å². The molecule has 0 radical (unpaired) electrons. The van der Waals surface area contributed by atoms with Gasteiger partial charge in [0.15, 0.2) is 0 Å². The summed E-state index contributed by atoms with van der Waals surface area (Å²) in [5, 5.41) is 12.9. The first kappa shape index (κ1) is 18.1. The lowest BCUT2D eigenvalue weighted by atomic mass is 10.1. The Labute approximate surface area is 157 Å². The van der Waals surface area contributed by atoms with Gasteiger partial charge in [-0.15, -0.1) is 10.2 Å². The Balaban J connectivity index is 1.61. The van der Waals surface area contributed by atoms with Gasteiger partial charge in [-0.05, 0) is 47.0 Å². The Kier molecular flexibility index (Phi) is 5.63. The van der Waals surface area contributed by atoms with E-state index in [2.05, 4.69) is 46.6 Å². The van der Waals surface area contributed by atoms with Crippen molar-refractivity contribution in [3.8, 4) is 11.4 Å². The van der Waals surface area contributed by atoms with Crippen LogP contribution in [-0.4, -0.2) is 38.1 Å². The number of nitrogens with zero attached hydrogens (tertiary/aromatic N) is 5. The highest BCUT2D eigenvalue weighted by molar-refractivity contribution is 6.30.